The molecule has 0 atom stereocenters. The maximum atomic E-state index is 6.02. The normalized spacial score (nSPS) is 15.9. The highest BCUT2D eigenvalue weighted by atomic mass is 15.4. The highest BCUT2D eigenvalue weighted by Crippen LogP contribution is 2.34. The highest BCUT2D eigenvalue weighted by molar-refractivity contribution is 5.88. The first-order valence-electron chi connectivity index (χ1n) is 8.70. The zero-order valence-electron chi connectivity index (χ0n) is 14.5. The minimum absolute atomic E-state index is 0.788. The van der Waals surface area contributed by atoms with Gasteiger partial charge in [0.15, 0.2) is 0 Å². The molecule has 5 heteroatoms. The smallest absolute Gasteiger partial charge is 0.0639 e. The van der Waals surface area contributed by atoms with Crippen molar-refractivity contribution in [2.24, 2.45) is 5.73 Å². The molecule has 128 valence electrons. The lowest BCUT2D eigenvalue weighted by Crippen LogP contribution is -2.29. The van der Waals surface area contributed by atoms with E-state index >= 15 is 0 Å². The van der Waals surface area contributed by atoms with Crippen LogP contribution < -0.4 is 21.9 Å². The topological polar surface area (TPSA) is 65.3 Å². The Morgan fingerprint density at radius 2 is 2.04 bits per heavy atom. The zero-order valence-corrected chi connectivity index (χ0v) is 14.5. The van der Waals surface area contributed by atoms with Gasteiger partial charge in [0.1, 0.15) is 0 Å². The van der Waals surface area contributed by atoms with E-state index < -0.39 is 0 Å². The SMILES string of the molecule is CCN(CC)CCNc1ccc2c(c1)NNC1=C2C=C(N)C=CC1. The Kier molecular flexibility index (Phi) is 5.11. The Hall–Kier alpha value is -2.40. The van der Waals surface area contributed by atoms with E-state index in [1.54, 1.807) is 0 Å². The van der Waals surface area contributed by atoms with E-state index in [1.807, 2.05) is 12.2 Å². The van der Waals surface area contributed by atoms with Crippen molar-refractivity contribution in [2.45, 2.75) is 20.3 Å². The first-order chi connectivity index (χ1) is 11.7. The summed E-state index contributed by atoms with van der Waals surface area (Å²) < 4.78 is 0. The summed E-state index contributed by atoms with van der Waals surface area (Å²) in [7, 11) is 0. The van der Waals surface area contributed by atoms with Crippen molar-refractivity contribution >= 4 is 16.9 Å². The molecule has 0 amide bonds. The predicted molar refractivity (Wildman–Crippen MR) is 102 cm³/mol. The molecule has 0 aromatic heterocycles. The second kappa shape index (κ2) is 7.45. The second-order valence-electron chi connectivity index (χ2n) is 6.11. The summed E-state index contributed by atoms with van der Waals surface area (Å²) in [4.78, 5) is 2.41. The van der Waals surface area contributed by atoms with Gasteiger partial charge in [-0.05, 0) is 37.4 Å². The fourth-order valence-corrected chi connectivity index (χ4v) is 3.12. The third-order valence-corrected chi connectivity index (χ3v) is 4.58. The first kappa shape index (κ1) is 16.5. The predicted octanol–water partition coefficient (Wildman–Crippen LogP) is 2.88. The summed E-state index contributed by atoms with van der Waals surface area (Å²) >= 11 is 0. The zero-order chi connectivity index (χ0) is 16.9. The van der Waals surface area contributed by atoms with E-state index in [2.05, 4.69) is 59.2 Å². The molecule has 2 aliphatic rings. The molecule has 0 spiro atoms. The fourth-order valence-electron chi connectivity index (χ4n) is 3.12. The molecule has 0 saturated carbocycles. The lowest BCUT2D eigenvalue weighted by Gasteiger charge is -2.25. The molecule has 1 aromatic carbocycles. The lowest BCUT2D eigenvalue weighted by atomic mass is 9.98. The van der Waals surface area contributed by atoms with E-state index in [1.165, 1.54) is 11.1 Å². The van der Waals surface area contributed by atoms with Gasteiger partial charge in [0.05, 0.1) is 5.69 Å². The van der Waals surface area contributed by atoms with Gasteiger partial charge in [0.2, 0.25) is 0 Å². The van der Waals surface area contributed by atoms with Crippen LogP contribution in [0.15, 0.2) is 47.8 Å². The minimum atomic E-state index is 0.788. The highest BCUT2D eigenvalue weighted by Gasteiger charge is 2.18. The number of hydrogen-bond donors (Lipinski definition) is 4. The Bertz CT molecular complexity index is 683. The van der Waals surface area contributed by atoms with Crippen LogP contribution >= 0.6 is 0 Å². The number of anilines is 2. The van der Waals surface area contributed by atoms with Crippen LogP contribution in [0.5, 0.6) is 0 Å². The Balaban J connectivity index is 1.74. The number of likely N-dealkylation sites (N-methyl/N-ethyl adjacent to an activating group) is 1. The van der Waals surface area contributed by atoms with Gasteiger partial charge >= 0.3 is 0 Å². The third-order valence-electron chi connectivity index (χ3n) is 4.58. The molecule has 1 aromatic rings. The summed E-state index contributed by atoms with van der Waals surface area (Å²) in [5, 5.41) is 3.51. The Labute approximate surface area is 144 Å². The fraction of sp³-hybridized carbons (Fsp3) is 0.368. The largest absolute Gasteiger partial charge is 0.399 e. The molecule has 0 bridgehead atoms. The Morgan fingerprint density at radius 3 is 2.83 bits per heavy atom. The van der Waals surface area contributed by atoms with Crippen molar-refractivity contribution in [2.75, 3.05) is 36.9 Å². The Morgan fingerprint density at radius 1 is 1.21 bits per heavy atom. The van der Waals surface area contributed by atoms with Gasteiger partial charge in [-0.25, -0.2) is 0 Å². The van der Waals surface area contributed by atoms with Crippen LogP contribution in [0.3, 0.4) is 0 Å². The molecule has 0 saturated heterocycles. The molecule has 1 aliphatic heterocycles. The van der Waals surface area contributed by atoms with Gasteiger partial charge in [-0.3, -0.25) is 0 Å². The second-order valence-corrected chi connectivity index (χ2v) is 6.11. The van der Waals surface area contributed by atoms with Gasteiger partial charge in [0.25, 0.3) is 0 Å². The molecule has 1 heterocycles. The van der Waals surface area contributed by atoms with E-state index in [0.29, 0.717) is 0 Å². The molecule has 0 radical (unpaired) electrons. The molecule has 5 nitrogen and oxygen atoms in total. The quantitative estimate of drug-likeness (QED) is 0.648. The summed E-state index contributed by atoms with van der Waals surface area (Å²) in [6, 6.07) is 6.45. The summed E-state index contributed by atoms with van der Waals surface area (Å²) in [5.41, 5.74) is 19.1. The average molecular weight is 325 g/mol. The van der Waals surface area contributed by atoms with Gasteiger partial charge in [0, 0.05) is 47.7 Å². The average Bonchev–Trinajstić information content (AvgIpc) is 2.79. The summed E-state index contributed by atoms with van der Waals surface area (Å²) in [5.74, 6) is 0. The molecular weight excluding hydrogens is 298 g/mol. The maximum absolute atomic E-state index is 6.02. The van der Waals surface area contributed by atoms with Gasteiger partial charge < -0.3 is 26.8 Å². The van der Waals surface area contributed by atoms with Crippen LogP contribution in [0.1, 0.15) is 25.8 Å². The molecule has 1 aliphatic carbocycles. The van der Waals surface area contributed by atoms with Crippen molar-refractivity contribution < 1.29 is 0 Å². The maximum Gasteiger partial charge on any atom is 0.0639 e. The van der Waals surface area contributed by atoms with Crippen molar-refractivity contribution in [1.82, 2.24) is 10.3 Å². The molecule has 3 rings (SSSR count). The number of benzene rings is 1. The van der Waals surface area contributed by atoms with Gasteiger partial charge in [-0.15, -0.1) is 0 Å². The van der Waals surface area contributed by atoms with Crippen LogP contribution in [0.4, 0.5) is 11.4 Å². The van der Waals surface area contributed by atoms with Crippen LogP contribution in [0.2, 0.25) is 0 Å². The van der Waals surface area contributed by atoms with Crippen LogP contribution in [-0.4, -0.2) is 31.1 Å². The number of hydrazine groups is 1. The third kappa shape index (κ3) is 3.57. The van der Waals surface area contributed by atoms with Crippen molar-refractivity contribution in [3.63, 3.8) is 0 Å². The number of rotatable bonds is 6. The molecule has 0 unspecified atom stereocenters. The molecule has 24 heavy (non-hydrogen) atoms. The van der Waals surface area contributed by atoms with E-state index in [0.717, 1.165) is 55.4 Å². The molecule has 5 N–H and O–H groups in total. The molecule has 0 fully saturated rings. The number of nitrogens with one attached hydrogen (secondary N) is 3. The van der Waals surface area contributed by atoms with Gasteiger partial charge in [-0.2, -0.15) is 0 Å². The summed E-state index contributed by atoms with van der Waals surface area (Å²) in [6.45, 7) is 8.57. The number of nitrogens with zero attached hydrogens (tertiary/aromatic N) is 1. The lowest BCUT2D eigenvalue weighted by molar-refractivity contribution is 0.316. The minimum Gasteiger partial charge on any atom is -0.399 e. The van der Waals surface area contributed by atoms with Gasteiger partial charge in [-0.1, -0.05) is 26.0 Å². The van der Waals surface area contributed by atoms with E-state index in [9.17, 15) is 0 Å². The molecular formula is C19H27N5. The number of hydrogen-bond acceptors (Lipinski definition) is 5. The van der Waals surface area contributed by atoms with Crippen LogP contribution in [-0.2, 0) is 0 Å². The standard InChI is InChI=1S/C19H27N5/c1-3-24(4-2)11-10-21-15-8-9-16-17-12-14(20)6-5-7-18(17)22-23-19(16)13-15/h5-6,8-9,12-13,21-23H,3-4,7,10-11,20H2,1-2H3. The van der Waals surface area contributed by atoms with E-state index in [4.69, 9.17) is 5.73 Å². The van der Waals surface area contributed by atoms with Crippen LogP contribution in [0, 0.1) is 0 Å². The van der Waals surface area contributed by atoms with Crippen molar-refractivity contribution in [3.05, 3.63) is 53.4 Å². The first-order valence-corrected chi connectivity index (χ1v) is 8.70. The van der Waals surface area contributed by atoms with Crippen molar-refractivity contribution in [1.29, 1.82) is 0 Å². The number of allylic oxidation sites excluding steroid dienone is 4. The number of fused-ring (bicyclic) bond motifs is 2. The number of nitrogens with two attached hydrogens (primary N) is 1. The van der Waals surface area contributed by atoms with Crippen molar-refractivity contribution in [3.8, 4) is 0 Å². The van der Waals surface area contributed by atoms with E-state index in [-0.39, 0.29) is 0 Å². The summed E-state index contributed by atoms with van der Waals surface area (Å²) in [6.07, 6.45) is 6.93. The monoisotopic (exact) mass is 325 g/mol. The van der Waals surface area contributed by atoms with Crippen LogP contribution in [0.25, 0.3) is 5.57 Å².